The number of nitrogens with zero attached hydrogens (tertiary/aromatic N) is 5. The molecule has 0 radical (unpaired) electrons. The molecule has 0 amide bonds. The van der Waals surface area contributed by atoms with Crippen LogP contribution in [0.5, 0.6) is 5.75 Å². The molecule has 1 fully saturated rings. The summed E-state index contributed by atoms with van der Waals surface area (Å²) in [6.07, 6.45) is 2.29. The number of aryl methyl sites for hydroxylation is 1. The Bertz CT molecular complexity index is 1200. The molecule has 31 heavy (non-hydrogen) atoms. The predicted molar refractivity (Wildman–Crippen MR) is 119 cm³/mol. The minimum atomic E-state index is -0.0495. The third kappa shape index (κ3) is 4.07. The standard InChI is InChI=1S/C23H23N5O2S/c1-14-5-4-6-17(13-14)21-25-26-23(28(21)18-9-11-19(29-3)12-10-18)31-15(2)22-24-20(27-30-22)16-7-8-16/h4-6,9-13,15-16H,7-8H2,1-3H3. The van der Waals surface area contributed by atoms with E-state index in [1.165, 1.54) is 5.56 Å². The Morgan fingerprint density at radius 3 is 2.65 bits per heavy atom. The fourth-order valence-electron chi connectivity index (χ4n) is 3.41. The molecule has 0 N–H and O–H groups in total. The second-order valence-corrected chi connectivity index (χ2v) is 9.04. The monoisotopic (exact) mass is 433 g/mol. The summed E-state index contributed by atoms with van der Waals surface area (Å²) in [5, 5.41) is 13.9. The molecule has 0 aliphatic heterocycles. The maximum atomic E-state index is 5.53. The first-order chi connectivity index (χ1) is 15.1. The maximum absolute atomic E-state index is 5.53. The molecule has 0 saturated heterocycles. The van der Waals surface area contributed by atoms with Gasteiger partial charge in [-0.3, -0.25) is 4.57 Å². The number of methoxy groups -OCH3 is 1. The van der Waals surface area contributed by atoms with E-state index < -0.39 is 0 Å². The summed E-state index contributed by atoms with van der Waals surface area (Å²) in [5.74, 6) is 3.49. The van der Waals surface area contributed by atoms with Crippen LogP contribution < -0.4 is 4.74 Å². The van der Waals surface area contributed by atoms with Gasteiger partial charge in [0.15, 0.2) is 16.8 Å². The quantitative estimate of drug-likeness (QED) is 0.363. The van der Waals surface area contributed by atoms with Crippen LogP contribution in [-0.2, 0) is 0 Å². The van der Waals surface area contributed by atoms with Crippen LogP contribution in [0.3, 0.4) is 0 Å². The maximum Gasteiger partial charge on any atom is 0.239 e. The van der Waals surface area contributed by atoms with Gasteiger partial charge in [0, 0.05) is 17.2 Å². The van der Waals surface area contributed by atoms with Crippen LogP contribution in [0.1, 0.15) is 48.2 Å². The number of rotatable bonds is 7. The molecule has 7 nitrogen and oxygen atoms in total. The van der Waals surface area contributed by atoms with Gasteiger partial charge in [0.05, 0.1) is 12.4 Å². The molecule has 0 spiro atoms. The van der Waals surface area contributed by atoms with Crippen molar-refractivity contribution in [3.8, 4) is 22.8 Å². The van der Waals surface area contributed by atoms with E-state index in [0.717, 1.165) is 46.6 Å². The van der Waals surface area contributed by atoms with Gasteiger partial charge in [-0.05, 0) is 57.0 Å². The Morgan fingerprint density at radius 2 is 1.94 bits per heavy atom. The first-order valence-electron chi connectivity index (χ1n) is 10.3. The van der Waals surface area contributed by atoms with Crippen molar-refractivity contribution in [1.29, 1.82) is 0 Å². The Morgan fingerprint density at radius 1 is 1.13 bits per heavy atom. The minimum Gasteiger partial charge on any atom is -0.497 e. The van der Waals surface area contributed by atoms with E-state index in [-0.39, 0.29) is 5.25 Å². The van der Waals surface area contributed by atoms with Crippen LogP contribution in [0.4, 0.5) is 0 Å². The molecule has 1 saturated carbocycles. The smallest absolute Gasteiger partial charge is 0.239 e. The van der Waals surface area contributed by atoms with Crippen molar-refractivity contribution in [1.82, 2.24) is 24.9 Å². The van der Waals surface area contributed by atoms with Crippen LogP contribution >= 0.6 is 11.8 Å². The van der Waals surface area contributed by atoms with Gasteiger partial charge in [0.25, 0.3) is 0 Å². The van der Waals surface area contributed by atoms with Crippen LogP contribution in [0.2, 0.25) is 0 Å². The number of hydrogen-bond donors (Lipinski definition) is 0. The summed E-state index contributed by atoms with van der Waals surface area (Å²) >= 11 is 1.56. The van der Waals surface area contributed by atoms with Crippen molar-refractivity contribution in [2.45, 2.75) is 43.0 Å². The molecule has 2 aromatic heterocycles. The number of thioether (sulfide) groups is 1. The molecule has 1 unspecified atom stereocenters. The average molecular weight is 434 g/mol. The molecule has 0 bridgehead atoms. The third-order valence-corrected chi connectivity index (χ3v) is 6.30. The van der Waals surface area contributed by atoms with Gasteiger partial charge in [-0.25, -0.2) is 0 Å². The normalized spacial score (nSPS) is 14.5. The molecular weight excluding hydrogens is 410 g/mol. The molecule has 1 aliphatic carbocycles. The zero-order valence-corrected chi connectivity index (χ0v) is 18.5. The molecule has 1 atom stereocenters. The molecule has 1 aliphatic rings. The Balaban J connectivity index is 1.52. The molecule has 5 rings (SSSR count). The van der Waals surface area contributed by atoms with Crippen molar-refractivity contribution < 1.29 is 9.26 Å². The van der Waals surface area contributed by atoms with Gasteiger partial charge in [0.1, 0.15) is 5.75 Å². The SMILES string of the molecule is COc1ccc(-n2c(SC(C)c3nc(C4CC4)no3)nnc2-c2cccc(C)c2)cc1. The lowest BCUT2D eigenvalue weighted by atomic mass is 10.1. The number of ether oxygens (including phenoxy) is 1. The highest BCUT2D eigenvalue weighted by Crippen LogP contribution is 2.41. The van der Waals surface area contributed by atoms with Crippen molar-refractivity contribution in [2.24, 2.45) is 0 Å². The number of benzene rings is 2. The van der Waals surface area contributed by atoms with Gasteiger partial charge in [0.2, 0.25) is 5.89 Å². The zero-order valence-electron chi connectivity index (χ0n) is 17.6. The second kappa shape index (κ2) is 8.19. The molecule has 2 heterocycles. The predicted octanol–water partition coefficient (Wildman–Crippen LogP) is 5.37. The van der Waals surface area contributed by atoms with Gasteiger partial charge >= 0.3 is 0 Å². The summed E-state index contributed by atoms with van der Waals surface area (Å²) in [5.41, 5.74) is 3.14. The topological polar surface area (TPSA) is 78.9 Å². The van der Waals surface area contributed by atoms with Crippen LogP contribution in [0.15, 0.2) is 58.2 Å². The Labute approximate surface area is 184 Å². The third-order valence-electron chi connectivity index (χ3n) is 5.27. The number of hydrogen-bond acceptors (Lipinski definition) is 7. The summed E-state index contributed by atoms with van der Waals surface area (Å²) < 4.78 is 12.9. The van der Waals surface area contributed by atoms with E-state index in [1.807, 2.05) is 37.3 Å². The molecule has 4 aromatic rings. The fraction of sp³-hybridized carbons (Fsp3) is 0.304. The van der Waals surface area contributed by atoms with E-state index in [4.69, 9.17) is 9.26 Å². The first-order valence-corrected chi connectivity index (χ1v) is 11.2. The highest BCUT2D eigenvalue weighted by molar-refractivity contribution is 7.99. The lowest BCUT2D eigenvalue weighted by Crippen LogP contribution is -2.01. The van der Waals surface area contributed by atoms with E-state index >= 15 is 0 Å². The summed E-state index contributed by atoms with van der Waals surface area (Å²) in [6.45, 7) is 4.12. The van der Waals surface area contributed by atoms with Crippen molar-refractivity contribution in [2.75, 3.05) is 7.11 Å². The average Bonchev–Trinajstić information content (AvgIpc) is 3.36. The Hall–Kier alpha value is -3.13. The van der Waals surface area contributed by atoms with Crippen LogP contribution in [0.25, 0.3) is 17.1 Å². The van der Waals surface area contributed by atoms with E-state index in [2.05, 4.69) is 50.0 Å². The zero-order chi connectivity index (χ0) is 21.4. The minimum absolute atomic E-state index is 0.0495. The van der Waals surface area contributed by atoms with Gasteiger partial charge in [-0.2, -0.15) is 4.98 Å². The Kier molecular flexibility index (Phi) is 5.23. The molecule has 158 valence electrons. The van der Waals surface area contributed by atoms with Crippen LogP contribution in [-0.4, -0.2) is 32.0 Å². The van der Waals surface area contributed by atoms with Crippen molar-refractivity contribution >= 4 is 11.8 Å². The summed E-state index contributed by atoms with van der Waals surface area (Å²) in [4.78, 5) is 4.60. The fourth-order valence-corrected chi connectivity index (χ4v) is 4.31. The molecule has 2 aromatic carbocycles. The van der Waals surface area contributed by atoms with E-state index in [9.17, 15) is 0 Å². The highest BCUT2D eigenvalue weighted by Gasteiger charge is 2.30. The lowest BCUT2D eigenvalue weighted by Gasteiger charge is -2.12. The van der Waals surface area contributed by atoms with Crippen molar-refractivity contribution in [3.63, 3.8) is 0 Å². The highest BCUT2D eigenvalue weighted by atomic mass is 32.2. The van der Waals surface area contributed by atoms with Gasteiger partial charge in [-0.15, -0.1) is 10.2 Å². The van der Waals surface area contributed by atoms with E-state index in [0.29, 0.717) is 11.8 Å². The van der Waals surface area contributed by atoms with Crippen LogP contribution in [0, 0.1) is 6.92 Å². The molecular formula is C23H23N5O2S. The van der Waals surface area contributed by atoms with Gasteiger partial charge in [-0.1, -0.05) is 40.7 Å². The van der Waals surface area contributed by atoms with E-state index in [1.54, 1.807) is 18.9 Å². The van der Waals surface area contributed by atoms with Gasteiger partial charge < -0.3 is 9.26 Å². The summed E-state index contributed by atoms with van der Waals surface area (Å²) in [6, 6.07) is 16.2. The molecule has 8 heteroatoms. The first kappa shape index (κ1) is 19.8. The van der Waals surface area contributed by atoms with Crippen molar-refractivity contribution in [3.05, 3.63) is 65.8 Å². The number of aromatic nitrogens is 5. The largest absolute Gasteiger partial charge is 0.497 e. The lowest BCUT2D eigenvalue weighted by molar-refractivity contribution is 0.374. The summed E-state index contributed by atoms with van der Waals surface area (Å²) in [7, 11) is 1.66. The second-order valence-electron chi connectivity index (χ2n) is 7.73.